The van der Waals surface area contributed by atoms with Gasteiger partial charge in [0.25, 0.3) is 0 Å². The maximum Gasteiger partial charge on any atom is 0.191 e. The number of benzene rings is 1. The first kappa shape index (κ1) is 17.3. The van der Waals surface area contributed by atoms with Crippen molar-refractivity contribution >= 4 is 17.3 Å². The maximum atomic E-state index is 5.37. The fourth-order valence-corrected chi connectivity index (χ4v) is 3.16. The fraction of sp³-hybridized carbons (Fsp3) is 0.389. The zero-order valence-corrected chi connectivity index (χ0v) is 15.1. The van der Waals surface area contributed by atoms with Crippen LogP contribution in [0.1, 0.15) is 21.6 Å². The SMILES string of the molecule is CN=C(NCCc1ccc(C)c(OC)c1)NCc1sccc1C. The minimum Gasteiger partial charge on any atom is -0.496 e. The Morgan fingerprint density at radius 1 is 1.17 bits per heavy atom. The highest BCUT2D eigenvalue weighted by Crippen LogP contribution is 2.19. The van der Waals surface area contributed by atoms with Crippen LogP contribution in [-0.2, 0) is 13.0 Å². The molecule has 1 aromatic heterocycles. The van der Waals surface area contributed by atoms with Crippen LogP contribution in [0.2, 0.25) is 0 Å². The van der Waals surface area contributed by atoms with Gasteiger partial charge in [-0.3, -0.25) is 4.99 Å². The van der Waals surface area contributed by atoms with Crippen LogP contribution in [0.5, 0.6) is 5.75 Å². The van der Waals surface area contributed by atoms with Crippen molar-refractivity contribution in [1.29, 1.82) is 0 Å². The molecule has 5 heteroatoms. The predicted molar refractivity (Wildman–Crippen MR) is 98.7 cm³/mol. The van der Waals surface area contributed by atoms with E-state index in [2.05, 4.69) is 59.1 Å². The standard InChI is InChI=1S/C18H25N3OS/c1-13-5-6-15(11-16(13)22-4)7-9-20-18(19-3)21-12-17-14(2)8-10-23-17/h5-6,8,10-11H,7,9,12H2,1-4H3,(H2,19,20,21). The molecule has 124 valence electrons. The normalized spacial score (nSPS) is 11.4. The molecule has 0 aliphatic carbocycles. The topological polar surface area (TPSA) is 45.7 Å². The maximum absolute atomic E-state index is 5.37. The van der Waals surface area contributed by atoms with Crippen molar-refractivity contribution < 1.29 is 4.74 Å². The summed E-state index contributed by atoms with van der Waals surface area (Å²) >= 11 is 1.77. The van der Waals surface area contributed by atoms with Crippen molar-refractivity contribution in [3.8, 4) is 5.75 Å². The number of guanidine groups is 1. The minimum absolute atomic E-state index is 0.807. The molecule has 23 heavy (non-hydrogen) atoms. The van der Waals surface area contributed by atoms with Gasteiger partial charge in [0.2, 0.25) is 0 Å². The van der Waals surface area contributed by atoms with Crippen LogP contribution in [0.4, 0.5) is 0 Å². The quantitative estimate of drug-likeness (QED) is 0.631. The van der Waals surface area contributed by atoms with Crippen molar-refractivity contribution in [2.24, 2.45) is 4.99 Å². The van der Waals surface area contributed by atoms with E-state index in [4.69, 9.17) is 4.74 Å². The number of methoxy groups -OCH3 is 1. The van der Waals surface area contributed by atoms with E-state index in [9.17, 15) is 0 Å². The molecule has 1 heterocycles. The first-order chi connectivity index (χ1) is 11.1. The number of nitrogens with one attached hydrogen (secondary N) is 2. The van der Waals surface area contributed by atoms with Crippen molar-refractivity contribution in [3.63, 3.8) is 0 Å². The molecule has 0 spiro atoms. The van der Waals surface area contributed by atoms with Gasteiger partial charge in [-0.1, -0.05) is 12.1 Å². The number of aliphatic imine (C=N–C) groups is 1. The second-order valence-electron chi connectivity index (χ2n) is 5.43. The zero-order valence-electron chi connectivity index (χ0n) is 14.3. The van der Waals surface area contributed by atoms with Gasteiger partial charge in [-0.15, -0.1) is 11.3 Å². The monoisotopic (exact) mass is 331 g/mol. The predicted octanol–water partition coefficient (Wildman–Crippen LogP) is 3.28. The van der Waals surface area contributed by atoms with Crippen LogP contribution in [0.25, 0.3) is 0 Å². The Morgan fingerprint density at radius 2 is 2.00 bits per heavy atom. The number of ether oxygens (including phenoxy) is 1. The summed E-state index contributed by atoms with van der Waals surface area (Å²) in [6.45, 7) is 5.82. The Labute approximate surface area is 142 Å². The highest BCUT2D eigenvalue weighted by atomic mass is 32.1. The lowest BCUT2D eigenvalue weighted by Crippen LogP contribution is -2.37. The van der Waals surface area contributed by atoms with Gasteiger partial charge in [-0.25, -0.2) is 0 Å². The van der Waals surface area contributed by atoms with E-state index in [1.807, 2.05) is 0 Å². The molecule has 0 saturated carbocycles. The molecule has 0 bridgehead atoms. The molecule has 2 N–H and O–H groups in total. The lowest BCUT2D eigenvalue weighted by Gasteiger charge is -2.12. The Balaban J connectivity index is 1.81. The molecule has 0 amide bonds. The van der Waals surface area contributed by atoms with Gasteiger partial charge in [-0.2, -0.15) is 0 Å². The summed E-state index contributed by atoms with van der Waals surface area (Å²) in [7, 11) is 3.51. The summed E-state index contributed by atoms with van der Waals surface area (Å²) in [5.41, 5.74) is 3.74. The number of nitrogens with zero attached hydrogens (tertiary/aromatic N) is 1. The van der Waals surface area contributed by atoms with Crippen molar-refractivity contribution in [2.75, 3.05) is 20.7 Å². The first-order valence-electron chi connectivity index (χ1n) is 7.75. The third kappa shape index (κ3) is 4.99. The van der Waals surface area contributed by atoms with Crippen molar-refractivity contribution in [3.05, 3.63) is 51.2 Å². The largest absolute Gasteiger partial charge is 0.496 e. The summed E-state index contributed by atoms with van der Waals surface area (Å²) in [5.74, 6) is 1.77. The molecule has 0 radical (unpaired) electrons. The van der Waals surface area contributed by atoms with Gasteiger partial charge in [0, 0.05) is 18.5 Å². The number of thiophene rings is 1. The number of aryl methyl sites for hydroxylation is 2. The van der Waals surface area contributed by atoms with Crippen LogP contribution in [0, 0.1) is 13.8 Å². The highest BCUT2D eigenvalue weighted by molar-refractivity contribution is 7.10. The van der Waals surface area contributed by atoms with E-state index in [-0.39, 0.29) is 0 Å². The van der Waals surface area contributed by atoms with Crippen molar-refractivity contribution in [2.45, 2.75) is 26.8 Å². The lowest BCUT2D eigenvalue weighted by molar-refractivity contribution is 0.411. The van der Waals surface area contributed by atoms with Gasteiger partial charge >= 0.3 is 0 Å². The van der Waals surface area contributed by atoms with E-state index in [1.54, 1.807) is 25.5 Å². The molecule has 0 unspecified atom stereocenters. The first-order valence-corrected chi connectivity index (χ1v) is 8.63. The van der Waals surface area contributed by atoms with Crippen LogP contribution in [0.3, 0.4) is 0 Å². The Bertz CT molecular complexity index is 664. The van der Waals surface area contributed by atoms with Gasteiger partial charge < -0.3 is 15.4 Å². The van der Waals surface area contributed by atoms with E-state index in [0.717, 1.165) is 36.8 Å². The molecule has 0 saturated heterocycles. The van der Waals surface area contributed by atoms with Gasteiger partial charge in [0.1, 0.15) is 5.75 Å². The van der Waals surface area contributed by atoms with Crippen LogP contribution in [-0.4, -0.2) is 26.7 Å². The summed E-state index contributed by atoms with van der Waals surface area (Å²) in [5, 5.41) is 8.83. The van der Waals surface area contributed by atoms with Crippen LogP contribution < -0.4 is 15.4 Å². The molecular formula is C18H25N3OS. The lowest BCUT2D eigenvalue weighted by atomic mass is 10.1. The zero-order chi connectivity index (χ0) is 16.7. The third-order valence-corrected chi connectivity index (χ3v) is 4.81. The van der Waals surface area contributed by atoms with Crippen LogP contribution in [0.15, 0.2) is 34.6 Å². The molecule has 0 fully saturated rings. The average Bonchev–Trinajstić information content (AvgIpc) is 2.97. The minimum atomic E-state index is 0.807. The smallest absolute Gasteiger partial charge is 0.191 e. The molecule has 0 atom stereocenters. The summed E-state index contributed by atoms with van der Waals surface area (Å²) in [4.78, 5) is 5.61. The van der Waals surface area contributed by atoms with Crippen LogP contribution >= 0.6 is 11.3 Å². The Morgan fingerprint density at radius 3 is 2.65 bits per heavy atom. The molecule has 2 aromatic rings. The van der Waals surface area contributed by atoms with E-state index >= 15 is 0 Å². The molecule has 4 nitrogen and oxygen atoms in total. The average molecular weight is 331 g/mol. The Kier molecular flexibility index (Phi) is 6.47. The fourth-order valence-electron chi connectivity index (χ4n) is 2.31. The molecule has 0 aliphatic rings. The summed E-state index contributed by atoms with van der Waals surface area (Å²) in [6, 6.07) is 8.48. The van der Waals surface area contributed by atoms with Crippen molar-refractivity contribution in [1.82, 2.24) is 10.6 Å². The van der Waals surface area contributed by atoms with E-state index < -0.39 is 0 Å². The Hall–Kier alpha value is -2.01. The second kappa shape index (κ2) is 8.58. The van der Waals surface area contributed by atoms with Gasteiger partial charge in [0.05, 0.1) is 13.7 Å². The summed E-state index contributed by atoms with van der Waals surface area (Å²) < 4.78 is 5.37. The van der Waals surface area contributed by atoms with Gasteiger partial charge in [0.15, 0.2) is 5.96 Å². The van der Waals surface area contributed by atoms with E-state index in [1.165, 1.54) is 16.0 Å². The molecule has 2 rings (SSSR count). The number of hydrogen-bond donors (Lipinski definition) is 2. The summed E-state index contributed by atoms with van der Waals surface area (Å²) in [6.07, 6.45) is 0.926. The molecule has 0 aliphatic heterocycles. The molecular weight excluding hydrogens is 306 g/mol. The number of rotatable bonds is 6. The second-order valence-corrected chi connectivity index (χ2v) is 6.43. The number of hydrogen-bond acceptors (Lipinski definition) is 3. The van der Waals surface area contributed by atoms with E-state index in [0.29, 0.717) is 0 Å². The third-order valence-electron chi connectivity index (χ3n) is 3.79. The molecule has 1 aromatic carbocycles. The highest BCUT2D eigenvalue weighted by Gasteiger charge is 2.03. The van der Waals surface area contributed by atoms with Gasteiger partial charge in [-0.05, 0) is 54.5 Å².